The van der Waals surface area contributed by atoms with Crippen LogP contribution in [-0.2, 0) is 6.42 Å². The molecule has 0 saturated carbocycles. The van der Waals surface area contributed by atoms with E-state index in [0.717, 1.165) is 19.4 Å². The van der Waals surface area contributed by atoms with Gasteiger partial charge in [0.2, 0.25) is 0 Å². The van der Waals surface area contributed by atoms with Crippen molar-refractivity contribution in [3.8, 4) is 0 Å². The first-order chi connectivity index (χ1) is 6.72. The van der Waals surface area contributed by atoms with Crippen molar-refractivity contribution >= 4 is 11.3 Å². The van der Waals surface area contributed by atoms with Gasteiger partial charge in [0, 0.05) is 22.4 Å². The molecule has 0 aromatic carbocycles. The number of aryl methyl sites for hydroxylation is 1. The molecule has 0 radical (unpaired) electrons. The third-order valence-corrected chi connectivity index (χ3v) is 3.15. The van der Waals surface area contributed by atoms with E-state index in [4.69, 9.17) is 5.11 Å². The molecule has 2 N–H and O–H groups in total. The van der Waals surface area contributed by atoms with Crippen molar-refractivity contribution in [1.29, 1.82) is 0 Å². The third-order valence-electron chi connectivity index (χ3n) is 2.13. The lowest BCUT2D eigenvalue weighted by atomic mass is 10.2. The molecule has 3 heteroatoms. The summed E-state index contributed by atoms with van der Waals surface area (Å²) in [6.07, 6.45) is 1.93. The Morgan fingerprint density at radius 3 is 2.86 bits per heavy atom. The molecule has 0 amide bonds. The molecule has 1 aromatic heterocycles. The molecule has 0 spiro atoms. The third kappa shape index (κ3) is 4.22. The first-order valence-electron chi connectivity index (χ1n) is 5.12. The van der Waals surface area contributed by atoms with Crippen molar-refractivity contribution in [2.45, 2.75) is 32.7 Å². The molecule has 0 aliphatic heterocycles. The van der Waals surface area contributed by atoms with Gasteiger partial charge in [-0.3, -0.25) is 0 Å². The van der Waals surface area contributed by atoms with E-state index in [-0.39, 0.29) is 6.61 Å². The number of nitrogens with one attached hydrogen (secondary N) is 1. The number of aliphatic hydroxyl groups excluding tert-OH is 1. The molecule has 0 fully saturated rings. The van der Waals surface area contributed by atoms with Crippen molar-refractivity contribution in [2.24, 2.45) is 0 Å². The van der Waals surface area contributed by atoms with E-state index in [0.29, 0.717) is 6.04 Å². The van der Waals surface area contributed by atoms with Crippen molar-refractivity contribution in [1.82, 2.24) is 5.32 Å². The molecule has 0 saturated heterocycles. The van der Waals surface area contributed by atoms with Crippen LogP contribution in [0.2, 0.25) is 0 Å². The molecule has 1 aromatic rings. The highest BCUT2D eigenvalue weighted by molar-refractivity contribution is 7.11. The van der Waals surface area contributed by atoms with Crippen LogP contribution in [0.3, 0.4) is 0 Å². The van der Waals surface area contributed by atoms with E-state index in [1.54, 1.807) is 0 Å². The van der Waals surface area contributed by atoms with Crippen molar-refractivity contribution < 1.29 is 5.11 Å². The second-order valence-electron chi connectivity index (χ2n) is 3.65. The molecule has 0 aliphatic carbocycles. The summed E-state index contributed by atoms with van der Waals surface area (Å²) >= 11 is 1.87. The van der Waals surface area contributed by atoms with Crippen LogP contribution in [0.4, 0.5) is 0 Å². The van der Waals surface area contributed by atoms with Gasteiger partial charge < -0.3 is 10.4 Å². The zero-order valence-corrected chi connectivity index (χ0v) is 9.73. The topological polar surface area (TPSA) is 32.3 Å². The van der Waals surface area contributed by atoms with Crippen LogP contribution in [0, 0.1) is 6.92 Å². The summed E-state index contributed by atoms with van der Waals surface area (Å²) in [7, 11) is 0. The van der Waals surface area contributed by atoms with Crippen LogP contribution in [0.1, 0.15) is 23.1 Å². The first-order valence-corrected chi connectivity index (χ1v) is 5.93. The van der Waals surface area contributed by atoms with Gasteiger partial charge in [-0.25, -0.2) is 0 Å². The summed E-state index contributed by atoms with van der Waals surface area (Å²) in [6.45, 7) is 5.50. The Morgan fingerprint density at radius 1 is 1.50 bits per heavy atom. The largest absolute Gasteiger partial charge is 0.396 e. The summed E-state index contributed by atoms with van der Waals surface area (Å²) in [6, 6.07) is 4.87. The SMILES string of the molecule is Cc1ccc(CC(C)NCCCO)s1. The van der Waals surface area contributed by atoms with E-state index in [9.17, 15) is 0 Å². The fourth-order valence-corrected chi connectivity index (χ4v) is 2.42. The van der Waals surface area contributed by atoms with Gasteiger partial charge in [0.15, 0.2) is 0 Å². The van der Waals surface area contributed by atoms with E-state index in [1.807, 2.05) is 11.3 Å². The van der Waals surface area contributed by atoms with Crippen LogP contribution < -0.4 is 5.32 Å². The second-order valence-corrected chi connectivity index (χ2v) is 5.02. The minimum absolute atomic E-state index is 0.276. The van der Waals surface area contributed by atoms with Gasteiger partial charge in [-0.1, -0.05) is 0 Å². The molecule has 1 heterocycles. The maximum atomic E-state index is 8.63. The number of thiophene rings is 1. The van der Waals surface area contributed by atoms with Crippen molar-refractivity contribution in [2.75, 3.05) is 13.2 Å². The standard InChI is InChI=1S/C11H19NOS/c1-9(12-6-3-7-13)8-11-5-4-10(2)14-11/h4-5,9,12-13H,3,6-8H2,1-2H3. The van der Waals surface area contributed by atoms with E-state index < -0.39 is 0 Å². The van der Waals surface area contributed by atoms with Gasteiger partial charge in [0.1, 0.15) is 0 Å². The lowest BCUT2D eigenvalue weighted by molar-refractivity contribution is 0.283. The first kappa shape index (κ1) is 11.7. The quantitative estimate of drug-likeness (QED) is 0.708. The fourth-order valence-electron chi connectivity index (χ4n) is 1.40. The smallest absolute Gasteiger partial charge is 0.0443 e. The predicted molar refractivity (Wildman–Crippen MR) is 61.9 cm³/mol. The average Bonchev–Trinajstić information content (AvgIpc) is 2.52. The highest BCUT2D eigenvalue weighted by Gasteiger charge is 2.03. The van der Waals surface area contributed by atoms with Gasteiger partial charge in [0.25, 0.3) is 0 Å². The monoisotopic (exact) mass is 213 g/mol. The number of hydrogen-bond acceptors (Lipinski definition) is 3. The molecule has 2 nitrogen and oxygen atoms in total. The Labute approximate surface area is 90.0 Å². The van der Waals surface area contributed by atoms with Crippen LogP contribution in [0.25, 0.3) is 0 Å². The molecule has 0 bridgehead atoms. The number of hydrogen-bond donors (Lipinski definition) is 2. The molecular weight excluding hydrogens is 194 g/mol. The van der Waals surface area contributed by atoms with Gasteiger partial charge in [0.05, 0.1) is 0 Å². The predicted octanol–water partition coefficient (Wildman–Crippen LogP) is 1.96. The molecule has 1 rings (SSSR count). The highest BCUT2D eigenvalue weighted by Crippen LogP contribution is 2.16. The molecule has 14 heavy (non-hydrogen) atoms. The number of aliphatic hydroxyl groups is 1. The number of rotatable bonds is 6. The lowest BCUT2D eigenvalue weighted by Gasteiger charge is -2.11. The van der Waals surface area contributed by atoms with E-state index >= 15 is 0 Å². The summed E-state index contributed by atoms with van der Waals surface area (Å²) in [5.74, 6) is 0. The van der Waals surface area contributed by atoms with Crippen molar-refractivity contribution in [3.63, 3.8) is 0 Å². The Kier molecular flexibility index (Phi) is 5.15. The van der Waals surface area contributed by atoms with Gasteiger partial charge in [-0.05, 0) is 45.4 Å². The normalized spacial score (nSPS) is 13.1. The second kappa shape index (κ2) is 6.17. The van der Waals surface area contributed by atoms with Gasteiger partial charge >= 0.3 is 0 Å². The van der Waals surface area contributed by atoms with Crippen LogP contribution in [0.15, 0.2) is 12.1 Å². The summed E-state index contributed by atoms with van der Waals surface area (Å²) in [4.78, 5) is 2.81. The molecule has 80 valence electrons. The van der Waals surface area contributed by atoms with Crippen LogP contribution in [0.5, 0.6) is 0 Å². The van der Waals surface area contributed by atoms with Crippen LogP contribution >= 0.6 is 11.3 Å². The lowest BCUT2D eigenvalue weighted by Crippen LogP contribution is -2.29. The Morgan fingerprint density at radius 2 is 2.29 bits per heavy atom. The summed E-state index contributed by atoms with van der Waals surface area (Å²) in [5, 5.41) is 12.0. The summed E-state index contributed by atoms with van der Waals surface area (Å²) in [5.41, 5.74) is 0. The van der Waals surface area contributed by atoms with Gasteiger partial charge in [-0.2, -0.15) is 0 Å². The Bertz CT molecular complexity index is 260. The average molecular weight is 213 g/mol. The zero-order chi connectivity index (χ0) is 10.4. The Hall–Kier alpha value is -0.380. The maximum Gasteiger partial charge on any atom is 0.0443 e. The van der Waals surface area contributed by atoms with Gasteiger partial charge in [-0.15, -0.1) is 11.3 Å². The van der Waals surface area contributed by atoms with E-state index in [1.165, 1.54) is 9.75 Å². The minimum atomic E-state index is 0.276. The summed E-state index contributed by atoms with van der Waals surface area (Å²) < 4.78 is 0. The highest BCUT2D eigenvalue weighted by atomic mass is 32.1. The Balaban J connectivity index is 2.23. The van der Waals surface area contributed by atoms with Crippen molar-refractivity contribution in [3.05, 3.63) is 21.9 Å². The zero-order valence-electron chi connectivity index (χ0n) is 8.92. The van der Waals surface area contributed by atoms with Crippen LogP contribution in [-0.4, -0.2) is 24.3 Å². The maximum absolute atomic E-state index is 8.63. The molecular formula is C11H19NOS. The molecule has 1 atom stereocenters. The molecule has 1 unspecified atom stereocenters. The fraction of sp³-hybridized carbons (Fsp3) is 0.636. The minimum Gasteiger partial charge on any atom is -0.396 e. The molecule has 0 aliphatic rings. The van der Waals surface area contributed by atoms with E-state index in [2.05, 4.69) is 31.3 Å².